The Bertz CT molecular complexity index is 938. The van der Waals surface area contributed by atoms with Crippen molar-refractivity contribution in [3.63, 3.8) is 0 Å². The average molecular weight is 394 g/mol. The summed E-state index contributed by atoms with van der Waals surface area (Å²) in [6.07, 6.45) is 0. The van der Waals surface area contributed by atoms with Gasteiger partial charge in [-0.25, -0.2) is 4.79 Å². The normalized spacial score (nSPS) is 11.5. The summed E-state index contributed by atoms with van der Waals surface area (Å²) < 4.78 is 5.32. The number of carbonyl (C=O) groups excluding carboxylic acids is 2. The van der Waals surface area contributed by atoms with Crippen LogP contribution in [-0.2, 0) is 16.1 Å². The van der Waals surface area contributed by atoms with Gasteiger partial charge in [-0.05, 0) is 47.9 Å². The van der Waals surface area contributed by atoms with E-state index in [4.69, 9.17) is 16.3 Å². The molecule has 0 radical (unpaired) electrons. The van der Waals surface area contributed by atoms with Crippen molar-refractivity contribution in [1.29, 1.82) is 0 Å². The molecule has 0 aromatic heterocycles. The molecular formula is C23H20ClNO3. The Morgan fingerprint density at radius 1 is 0.893 bits per heavy atom. The van der Waals surface area contributed by atoms with Gasteiger partial charge in [0.05, 0.1) is 0 Å². The Morgan fingerprint density at radius 3 is 2.14 bits per heavy atom. The minimum absolute atomic E-state index is 0.148. The van der Waals surface area contributed by atoms with Crippen molar-refractivity contribution < 1.29 is 14.3 Å². The van der Waals surface area contributed by atoms with Gasteiger partial charge in [-0.3, -0.25) is 4.79 Å². The first kappa shape index (κ1) is 19.6. The smallest absolute Gasteiger partial charge is 0.328 e. The molecule has 0 fully saturated rings. The summed E-state index contributed by atoms with van der Waals surface area (Å²) in [6, 6.07) is 23.6. The predicted molar refractivity (Wildman–Crippen MR) is 110 cm³/mol. The van der Waals surface area contributed by atoms with Crippen molar-refractivity contribution in [2.24, 2.45) is 0 Å². The maximum atomic E-state index is 12.2. The molecule has 0 saturated carbocycles. The topological polar surface area (TPSA) is 55.4 Å². The van der Waals surface area contributed by atoms with Crippen LogP contribution in [0.4, 0.5) is 0 Å². The fourth-order valence-electron chi connectivity index (χ4n) is 2.64. The SMILES string of the molecule is C[C@H](NC(=O)c1ccc(Cl)cc1)C(=O)OCc1ccc(-c2ccccc2)cc1. The molecule has 1 atom stereocenters. The van der Waals surface area contributed by atoms with E-state index in [1.54, 1.807) is 31.2 Å². The fourth-order valence-corrected chi connectivity index (χ4v) is 2.77. The number of carbonyl (C=O) groups is 2. The summed E-state index contributed by atoms with van der Waals surface area (Å²) >= 11 is 5.81. The first-order valence-electron chi connectivity index (χ1n) is 8.90. The van der Waals surface area contributed by atoms with Crippen molar-refractivity contribution in [2.75, 3.05) is 0 Å². The number of nitrogens with one attached hydrogen (secondary N) is 1. The lowest BCUT2D eigenvalue weighted by molar-refractivity contribution is -0.146. The van der Waals surface area contributed by atoms with Crippen LogP contribution in [0.1, 0.15) is 22.8 Å². The van der Waals surface area contributed by atoms with Crippen LogP contribution in [0, 0.1) is 0 Å². The number of amides is 1. The third kappa shape index (κ3) is 5.21. The summed E-state index contributed by atoms with van der Waals surface area (Å²) in [5.74, 6) is -0.845. The zero-order chi connectivity index (χ0) is 19.9. The van der Waals surface area contributed by atoms with Crippen LogP contribution in [0.25, 0.3) is 11.1 Å². The van der Waals surface area contributed by atoms with Gasteiger partial charge in [-0.2, -0.15) is 0 Å². The summed E-state index contributed by atoms with van der Waals surface area (Å²) in [7, 11) is 0. The molecule has 1 N–H and O–H groups in total. The molecule has 0 bridgehead atoms. The molecule has 0 aliphatic carbocycles. The van der Waals surface area contributed by atoms with Gasteiger partial charge in [-0.1, -0.05) is 66.2 Å². The molecule has 0 heterocycles. The van der Waals surface area contributed by atoms with Gasteiger partial charge in [0, 0.05) is 10.6 Å². The highest BCUT2D eigenvalue weighted by Gasteiger charge is 2.18. The Hall–Kier alpha value is -3.11. The standard InChI is InChI=1S/C23H20ClNO3/c1-16(25-22(26)20-11-13-21(24)14-12-20)23(27)28-15-17-7-9-19(10-8-17)18-5-3-2-4-6-18/h2-14,16H,15H2,1H3,(H,25,26)/t16-/m0/s1. The number of hydrogen-bond donors (Lipinski definition) is 1. The van der Waals surface area contributed by atoms with E-state index in [0.29, 0.717) is 10.6 Å². The number of benzene rings is 3. The van der Waals surface area contributed by atoms with Crippen LogP contribution in [0.2, 0.25) is 5.02 Å². The lowest BCUT2D eigenvalue weighted by Crippen LogP contribution is -2.39. The van der Waals surface area contributed by atoms with Crippen molar-refractivity contribution >= 4 is 23.5 Å². The number of esters is 1. The molecule has 0 spiro atoms. The Kier molecular flexibility index (Phi) is 6.45. The summed E-state index contributed by atoms with van der Waals surface area (Å²) in [6.45, 7) is 1.74. The molecule has 3 aromatic carbocycles. The Labute approximate surface area is 169 Å². The van der Waals surface area contributed by atoms with Crippen molar-refractivity contribution in [3.05, 3.63) is 95.0 Å². The number of hydrogen-bond acceptors (Lipinski definition) is 3. The zero-order valence-electron chi connectivity index (χ0n) is 15.4. The highest BCUT2D eigenvalue weighted by atomic mass is 35.5. The molecule has 3 aromatic rings. The molecule has 5 heteroatoms. The number of rotatable bonds is 6. The van der Waals surface area contributed by atoms with E-state index in [0.717, 1.165) is 16.7 Å². The van der Waals surface area contributed by atoms with E-state index >= 15 is 0 Å². The van der Waals surface area contributed by atoms with Gasteiger partial charge < -0.3 is 10.1 Å². The second-order valence-electron chi connectivity index (χ2n) is 6.37. The lowest BCUT2D eigenvalue weighted by atomic mass is 10.0. The molecule has 4 nitrogen and oxygen atoms in total. The van der Waals surface area contributed by atoms with Gasteiger partial charge in [0.25, 0.3) is 5.91 Å². The van der Waals surface area contributed by atoms with Crippen molar-refractivity contribution in [1.82, 2.24) is 5.32 Å². The molecule has 3 rings (SSSR count). The van der Waals surface area contributed by atoms with Gasteiger partial charge in [0.1, 0.15) is 12.6 Å². The maximum Gasteiger partial charge on any atom is 0.328 e. The Balaban J connectivity index is 1.51. The molecule has 142 valence electrons. The van der Waals surface area contributed by atoms with Crippen LogP contribution in [-0.4, -0.2) is 17.9 Å². The van der Waals surface area contributed by atoms with E-state index < -0.39 is 12.0 Å². The number of halogens is 1. The van der Waals surface area contributed by atoms with Crippen LogP contribution in [0.5, 0.6) is 0 Å². The molecule has 0 saturated heterocycles. The minimum atomic E-state index is -0.758. The number of ether oxygens (including phenoxy) is 1. The molecule has 0 aliphatic heterocycles. The third-order valence-electron chi connectivity index (χ3n) is 4.25. The first-order chi connectivity index (χ1) is 13.5. The van der Waals surface area contributed by atoms with Crippen molar-refractivity contribution in [2.45, 2.75) is 19.6 Å². The van der Waals surface area contributed by atoms with Gasteiger partial charge in [0.15, 0.2) is 0 Å². The summed E-state index contributed by atoms with van der Waals surface area (Å²) in [5.41, 5.74) is 3.54. The zero-order valence-corrected chi connectivity index (χ0v) is 16.1. The second-order valence-corrected chi connectivity index (χ2v) is 6.81. The maximum absolute atomic E-state index is 12.2. The molecule has 0 unspecified atom stereocenters. The average Bonchev–Trinajstić information content (AvgIpc) is 2.73. The molecular weight excluding hydrogens is 374 g/mol. The quantitative estimate of drug-likeness (QED) is 0.608. The lowest BCUT2D eigenvalue weighted by Gasteiger charge is -2.14. The van der Waals surface area contributed by atoms with Gasteiger partial charge in [0.2, 0.25) is 0 Å². The molecule has 28 heavy (non-hydrogen) atoms. The monoisotopic (exact) mass is 393 g/mol. The first-order valence-corrected chi connectivity index (χ1v) is 9.28. The van der Waals surface area contributed by atoms with E-state index in [1.165, 1.54) is 0 Å². The predicted octanol–water partition coefficient (Wildman–Crippen LogP) is 4.87. The third-order valence-corrected chi connectivity index (χ3v) is 4.50. The fraction of sp³-hybridized carbons (Fsp3) is 0.130. The van der Waals surface area contributed by atoms with E-state index in [9.17, 15) is 9.59 Å². The van der Waals surface area contributed by atoms with E-state index in [1.807, 2.05) is 54.6 Å². The highest BCUT2D eigenvalue weighted by Crippen LogP contribution is 2.19. The summed E-state index contributed by atoms with van der Waals surface area (Å²) in [5, 5.41) is 3.17. The molecule has 1 amide bonds. The van der Waals surface area contributed by atoms with E-state index in [-0.39, 0.29) is 12.5 Å². The van der Waals surface area contributed by atoms with Crippen LogP contribution >= 0.6 is 11.6 Å². The van der Waals surface area contributed by atoms with Gasteiger partial charge in [-0.15, -0.1) is 0 Å². The highest BCUT2D eigenvalue weighted by molar-refractivity contribution is 6.30. The van der Waals surface area contributed by atoms with Crippen molar-refractivity contribution in [3.8, 4) is 11.1 Å². The minimum Gasteiger partial charge on any atom is -0.459 e. The van der Waals surface area contributed by atoms with Crippen LogP contribution < -0.4 is 5.32 Å². The molecule has 0 aliphatic rings. The Morgan fingerprint density at radius 2 is 1.50 bits per heavy atom. The summed E-state index contributed by atoms with van der Waals surface area (Å²) in [4.78, 5) is 24.3. The largest absolute Gasteiger partial charge is 0.459 e. The van der Waals surface area contributed by atoms with Gasteiger partial charge >= 0.3 is 5.97 Å². The van der Waals surface area contributed by atoms with Crippen LogP contribution in [0.15, 0.2) is 78.9 Å². The second kappa shape index (κ2) is 9.20. The van der Waals surface area contributed by atoms with E-state index in [2.05, 4.69) is 5.32 Å². The van der Waals surface area contributed by atoms with Crippen LogP contribution in [0.3, 0.4) is 0 Å².